The average molecular weight is 85.1 g/mol. The Labute approximate surface area is 36.9 Å². The number of nitrogens with two attached hydrogens (primary N) is 1. The minimum atomic E-state index is 0.580. The molecule has 6 heavy (non-hydrogen) atoms. The van der Waals surface area contributed by atoms with E-state index < -0.39 is 0 Å². The van der Waals surface area contributed by atoms with Gasteiger partial charge in [0.15, 0.2) is 6.19 Å². The van der Waals surface area contributed by atoms with Gasteiger partial charge in [0.1, 0.15) is 0 Å². The molecule has 0 aliphatic carbocycles. The van der Waals surface area contributed by atoms with Crippen LogP contribution in [0.25, 0.3) is 0 Å². The molecule has 0 amide bonds. The largest absolute Gasteiger partial charge is 0.248 e. The molecule has 0 aliphatic heterocycles. The average Bonchev–Trinajstić information content (AvgIpc) is 1.65. The first-order valence-corrected chi connectivity index (χ1v) is 1.73. The van der Waals surface area contributed by atoms with E-state index in [1.807, 2.05) is 6.92 Å². The molecule has 0 aromatic heterocycles. The number of hydrogen-bond acceptors (Lipinski definition) is 3. The second-order valence-electron chi connectivity index (χ2n) is 0.886. The van der Waals surface area contributed by atoms with E-state index in [1.165, 1.54) is 0 Å². The van der Waals surface area contributed by atoms with Gasteiger partial charge in [0.2, 0.25) is 0 Å². The van der Waals surface area contributed by atoms with Crippen molar-refractivity contribution in [2.75, 3.05) is 6.54 Å². The summed E-state index contributed by atoms with van der Waals surface area (Å²) in [6, 6.07) is 0. The summed E-state index contributed by atoms with van der Waals surface area (Å²) >= 11 is 0. The van der Waals surface area contributed by atoms with E-state index in [4.69, 9.17) is 11.1 Å². The van der Waals surface area contributed by atoms with E-state index in [1.54, 1.807) is 6.19 Å². The topological polar surface area (TPSA) is 53.0 Å². The first kappa shape index (κ1) is 5.25. The van der Waals surface area contributed by atoms with E-state index in [9.17, 15) is 0 Å². The molecule has 2 N–H and O–H groups in total. The SMILES string of the molecule is CCN(N)C#N. The summed E-state index contributed by atoms with van der Waals surface area (Å²) in [6.45, 7) is 2.39. The van der Waals surface area contributed by atoms with E-state index in [0.29, 0.717) is 6.54 Å². The van der Waals surface area contributed by atoms with Crippen LogP contribution in [-0.2, 0) is 0 Å². The molecule has 0 rings (SSSR count). The summed E-state index contributed by atoms with van der Waals surface area (Å²) in [4.78, 5) is 0. The molecule has 0 aliphatic rings. The highest BCUT2D eigenvalue weighted by Crippen LogP contribution is 1.63. The molecule has 0 atom stereocenters. The Balaban J connectivity index is 3.04. The van der Waals surface area contributed by atoms with Crippen molar-refractivity contribution in [2.24, 2.45) is 5.84 Å². The lowest BCUT2D eigenvalue weighted by Crippen LogP contribution is -2.24. The Morgan fingerprint density at radius 1 is 2.00 bits per heavy atom. The normalized spacial score (nSPS) is 6.83. The first-order valence-electron chi connectivity index (χ1n) is 1.73. The summed E-state index contributed by atoms with van der Waals surface area (Å²) in [6.07, 6.45) is 1.73. The molecule has 0 aromatic rings. The lowest BCUT2D eigenvalue weighted by atomic mass is 10.7. The van der Waals surface area contributed by atoms with Crippen LogP contribution in [0.15, 0.2) is 0 Å². The lowest BCUT2D eigenvalue weighted by molar-refractivity contribution is 0.435. The molecular formula is C3H7N3. The second kappa shape index (κ2) is 2.49. The molecule has 0 bridgehead atoms. The van der Waals surface area contributed by atoms with Gasteiger partial charge in [-0.1, -0.05) is 0 Å². The fourth-order valence-corrected chi connectivity index (χ4v) is 0.0707. The van der Waals surface area contributed by atoms with Gasteiger partial charge in [0.05, 0.1) is 0 Å². The molecule has 0 spiro atoms. The van der Waals surface area contributed by atoms with Gasteiger partial charge in [-0.3, -0.25) is 0 Å². The molecule has 0 fully saturated rings. The summed E-state index contributed by atoms with van der Waals surface area (Å²) in [5, 5.41) is 8.94. The lowest BCUT2D eigenvalue weighted by Gasteiger charge is -1.98. The second-order valence-corrected chi connectivity index (χ2v) is 0.886. The maximum Gasteiger partial charge on any atom is 0.194 e. The highest BCUT2D eigenvalue weighted by molar-refractivity contribution is 4.62. The molecule has 34 valence electrons. The Hall–Kier alpha value is -0.750. The van der Waals surface area contributed by atoms with Gasteiger partial charge in [-0.25, -0.2) is 10.9 Å². The maximum absolute atomic E-state index is 7.89. The number of nitrogens with zero attached hydrogens (tertiary/aromatic N) is 2. The van der Waals surface area contributed by atoms with Crippen LogP contribution in [0.1, 0.15) is 6.92 Å². The Morgan fingerprint density at radius 3 is 2.50 bits per heavy atom. The molecular weight excluding hydrogens is 78.1 g/mol. The quantitative estimate of drug-likeness (QED) is 0.205. The zero-order valence-electron chi connectivity index (χ0n) is 3.68. The summed E-state index contributed by atoms with van der Waals surface area (Å²) in [7, 11) is 0. The summed E-state index contributed by atoms with van der Waals surface area (Å²) in [5.41, 5.74) is 0. The number of rotatable bonds is 1. The van der Waals surface area contributed by atoms with Crippen LogP contribution in [0.2, 0.25) is 0 Å². The highest BCUT2D eigenvalue weighted by Gasteiger charge is 1.79. The predicted molar refractivity (Wildman–Crippen MR) is 22.2 cm³/mol. The summed E-state index contributed by atoms with van der Waals surface area (Å²) in [5.74, 6) is 4.94. The maximum atomic E-state index is 7.89. The molecule has 0 radical (unpaired) electrons. The van der Waals surface area contributed by atoms with E-state index in [-0.39, 0.29) is 0 Å². The van der Waals surface area contributed by atoms with Gasteiger partial charge in [0, 0.05) is 6.54 Å². The van der Waals surface area contributed by atoms with Gasteiger partial charge in [0.25, 0.3) is 0 Å². The number of hydrazine groups is 1. The molecule has 0 unspecified atom stereocenters. The first-order chi connectivity index (χ1) is 2.81. The third-order valence-electron chi connectivity index (χ3n) is 0.469. The Bertz CT molecular complexity index is 62.9. The van der Waals surface area contributed by atoms with Gasteiger partial charge in [-0.05, 0) is 6.92 Å². The van der Waals surface area contributed by atoms with Crippen LogP contribution in [0.5, 0.6) is 0 Å². The molecule has 3 nitrogen and oxygen atoms in total. The van der Waals surface area contributed by atoms with Crippen LogP contribution in [0.4, 0.5) is 0 Å². The number of nitriles is 1. The minimum absolute atomic E-state index is 0.580. The molecule has 0 aromatic carbocycles. The number of hydrogen-bond donors (Lipinski definition) is 1. The van der Waals surface area contributed by atoms with Gasteiger partial charge in [-0.15, -0.1) is 0 Å². The van der Waals surface area contributed by atoms with Gasteiger partial charge in [-0.2, -0.15) is 5.26 Å². The van der Waals surface area contributed by atoms with Gasteiger partial charge < -0.3 is 0 Å². The van der Waals surface area contributed by atoms with Crippen molar-refractivity contribution in [1.29, 1.82) is 5.26 Å². The smallest absolute Gasteiger partial charge is 0.194 e. The van der Waals surface area contributed by atoms with Gasteiger partial charge >= 0.3 is 0 Å². The van der Waals surface area contributed by atoms with Crippen LogP contribution in [-0.4, -0.2) is 11.6 Å². The van der Waals surface area contributed by atoms with Crippen molar-refractivity contribution in [3.05, 3.63) is 0 Å². The molecule has 0 saturated heterocycles. The third-order valence-corrected chi connectivity index (χ3v) is 0.469. The summed E-state index contributed by atoms with van der Waals surface area (Å²) < 4.78 is 0. The van der Waals surface area contributed by atoms with Crippen molar-refractivity contribution in [2.45, 2.75) is 6.92 Å². The minimum Gasteiger partial charge on any atom is -0.248 e. The van der Waals surface area contributed by atoms with Crippen LogP contribution in [0.3, 0.4) is 0 Å². The van der Waals surface area contributed by atoms with E-state index in [2.05, 4.69) is 0 Å². The van der Waals surface area contributed by atoms with Crippen molar-refractivity contribution in [3.8, 4) is 6.19 Å². The predicted octanol–water partition coefficient (Wildman–Crippen LogP) is -0.337. The molecule has 3 heteroatoms. The van der Waals surface area contributed by atoms with Crippen molar-refractivity contribution >= 4 is 0 Å². The fourth-order valence-electron chi connectivity index (χ4n) is 0.0707. The molecule has 0 heterocycles. The van der Waals surface area contributed by atoms with E-state index in [0.717, 1.165) is 5.01 Å². The van der Waals surface area contributed by atoms with Crippen molar-refractivity contribution < 1.29 is 0 Å². The standard InChI is InChI=1S/C3H7N3/c1-2-6(5)3-4/h2,5H2,1H3. The van der Waals surface area contributed by atoms with Crippen molar-refractivity contribution in [1.82, 2.24) is 5.01 Å². The third kappa shape index (κ3) is 1.56. The van der Waals surface area contributed by atoms with Crippen molar-refractivity contribution in [3.63, 3.8) is 0 Å². The highest BCUT2D eigenvalue weighted by atomic mass is 15.4. The fraction of sp³-hybridized carbons (Fsp3) is 0.667. The van der Waals surface area contributed by atoms with Crippen LogP contribution < -0.4 is 5.84 Å². The van der Waals surface area contributed by atoms with Crippen LogP contribution in [0, 0.1) is 11.5 Å². The zero-order valence-corrected chi connectivity index (χ0v) is 3.68. The molecule has 0 saturated carbocycles. The Morgan fingerprint density at radius 2 is 2.50 bits per heavy atom. The van der Waals surface area contributed by atoms with E-state index >= 15 is 0 Å². The van der Waals surface area contributed by atoms with Crippen LogP contribution >= 0.6 is 0 Å². The Kier molecular flexibility index (Phi) is 2.17. The zero-order chi connectivity index (χ0) is 4.99. The monoisotopic (exact) mass is 85.1 g/mol.